The van der Waals surface area contributed by atoms with Gasteiger partial charge < -0.3 is 0 Å². The Balaban J connectivity index is 2.19. The maximum absolute atomic E-state index is 12.3. The molecule has 1 saturated heterocycles. The van der Waals surface area contributed by atoms with Crippen LogP contribution >= 0.6 is 27.7 Å². The van der Waals surface area contributed by atoms with Gasteiger partial charge in [0.2, 0.25) is 5.91 Å². The normalized spacial score (nSPS) is 23.7. The number of carbonyl (C=O) groups is 1. The molecular formula is C13H15BrN2OS. The third-order valence-corrected chi connectivity index (χ3v) is 5.12. The smallest absolute Gasteiger partial charge is 0.243 e. The van der Waals surface area contributed by atoms with Gasteiger partial charge in [-0.15, -0.1) is 0 Å². The second kappa shape index (κ2) is 5.89. The SMILES string of the molecule is CN=C1SC(C(C)Br)C(=O)N1Cc1ccccc1. The van der Waals surface area contributed by atoms with E-state index in [0.29, 0.717) is 6.54 Å². The van der Waals surface area contributed by atoms with Crippen molar-refractivity contribution in [3.05, 3.63) is 35.9 Å². The number of amidine groups is 1. The highest BCUT2D eigenvalue weighted by Gasteiger charge is 2.39. The van der Waals surface area contributed by atoms with Gasteiger partial charge in [-0.1, -0.05) is 64.9 Å². The molecular weight excluding hydrogens is 312 g/mol. The van der Waals surface area contributed by atoms with Crippen LogP contribution < -0.4 is 0 Å². The van der Waals surface area contributed by atoms with Crippen molar-refractivity contribution < 1.29 is 4.79 Å². The van der Waals surface area contributed by atoms with E-state index in [0.717, 1.165) is 10.7 Å². The average molecular weight is 327 g/mol. The summed E-state index contributed by atoms with van der Waals surface area (Å²) in [6.07, 6.45) is 0. The molecule has 1 aliphatic rings. The molecule has 1 heterocycles. The number of alkyl halides is 1. The Kier molecular flexibility index (Phi) is 4.45. The van der Waals surface area contributed by atoms with Gasteiger partial charge in [0, 0.05) is 11.9 Å². The van der Waals surface area contributed by atoms with E-state index in [4.69, 9.17) is 0 Å². The third kappa shape index (κ3) is 2.78. The van der Waals surface area contributed by atoms with E-state index in [-0.39, 0.29) is 16.0 Å². The number of hydrogen-bond acceptors (Lipinski definition) is 3. The second-order valence-corrected chi connectivity index (χ2v) is 6.69. The second-order valence-electron chi connectivity index (χ2n) is 4.13. The first-order chi connectivity index (χ1) is 8.63. The van der Waals surface area contributed by atoms with E-state index in [1.54, 1.807) is 11.9 Å². The van der Waals surface area contributed by atoms with Crippen molar-refractivity contribution >= 4 is 38.8 Å². The van der Waals surface area contributed by atoms with Crippen LogP contribution in [-0.2, 0) is 11.3 Å². The highest BCUT2D eigenvalue weighted by molar-refractivity contribution is 9.09. The Morgan fingerprint density at radius 1 is 1.44 bits per heavy atom. The van der Waals surface area contributed by atoms with Gasteiger partial charge in [-0.05, 0) is 5.56 Å². The predicted molar refractivity (Wildman–Crippen MR) is 80.1 cm³/mol. The molecule has 1 fully saturated rings. The minimum atomic E-state index is -0.0765. The van der Waals surface area contributed by atoms with Gasteiger partial charge in [-0.2, -0.15) is 0 Å². The lowest BCUT2D eigenvalue weighted by Gasteiger charge is -2.16. The van der Waals surface area contributed by atoms with Crippen LogP contribution in [0.5, 0.6) is 0 Å². The topological polar surface area (TPSA) is 32.7 Å². The molecule has 0 aliphatic carbocycles. The van der Waals surface area contributed by atoms with Crippen molar-refractivity contribution in [2.45, 2.75) is 23.5 Å². The molecule has 0 saturated carbocycles. The minimum absolute atomic E-state index is 0.0765. The monoisotopic (exact) mass is 326 g/mol. The molecule has 2 rings (SSSR count). The summed E-state index contributed by atoms with van der Waals surface area (Å²) in [6.45, 7) is 2.59. The van der Waals surface area contributed by atoms with Crippen LogP contribution in [0.25, 0.3) is 0 Å². The zero-order chi connectivity index (χ0) is 13.1. The summed E-state index contributed by atoms with van der Waals surface area (Å²) < 4.78 is 0. The summed E-state index contributed by atoms with van der Waals surface area (Å²) in [5.41, 5.74) is 1.12. The summed E-state index contributed by atoms with van der Waals surface area (Å²) in [6, 6.07) is 9.99. The zero-order valence-electron chi connectivity index (χ0n) is 10.3. The molecule has 0 radical (unpaired) electrons. The number of rotatable bonds is 3. The molecule has 1 aromatic rings. The quantitative estimate of drug-likeness (QED) is 0.800. The van der Waals surface area contributed by atoms with Crippen molar-refractivity contribution in [2.24, 2.45) is 4.99 Å². The molecule has 2 unspecified atom stereocenters. The van der Waals surface area contributed by atoms with Crippen LogP contribution in [0.2, 0.25) is 0 Å². The molecule has 2 atom stereocenters. The summed E-state index contributed by atoms with van der Waals surface area (Å²) in [5, 5.41) is 0.729. The van der Waals surface area contributed by atoms with Gasteiger partial charge in [0.05, 0.1) is 6.54 Å². The van der Waals surface area contributed by atoms with Crippen molar-refractivity contribution in [1.29, 1.82) is 0 Å². The highest BCUT2D eigenvalue weighted by atomic mass is 79.9. The van der Waals surface area contributed by atoms with E-state index < -0.39 is 0 Å². The van der Waals surface area contributed by atoms with Gasteiger partial charge >= 0.3 is 0 Å². The van der Waals surface area contributed by atoms with Gasteiger partial charge in [0.15, 0.2) is 5.17 Å². The lowest BCUT2D eigenvalue weighted by molar-refractivity contribution is -0.126. The van der Waals surface area contributed by atoms with Gasteiger partial charge in [-0.3, -0.25) is 14.7 Å². The Bertz CT molecular complexity index is 461. The fourth-order valence-corrected chi connectivity index (χ4v) is 3.43. The average Bonchev–Trinajstić information content (AvgIpc) is 2.68. The Morgan fingerprint density at radius 3 is 2.67 bits per heavy atom. The van der Waals surface area contributed by atoms with Gasteiger partial charge in [-0.25, -0.2) is 0 Å². The summed E-state index contributed by atoms with van der Waals surface area (Å²) in [7, 11) is 1.73. The summed E-state index contributed by atoms with van der Waals surface area (Å²) in [4.78, 5) is 18.4. The predicted octanol–water partition coefficient (Wildman–Crippen LogP) is 2.90. The molecule has 1 amide bonds. The first-order valence-corrected chi connectivity index (χ1v) is 7.56. The van der Waals surface area contributed by atoms with Crippen molar-refractivity contribution in [3.63, 3.8) is 0 Å². The third-order valence-electron chi connectivity index (χ3n) is 2.76. The number of nitrogens with zero attached hydrogens (tertiary/aromatic N) is 2. The lowest BCUT2D eigenvalue weighted by atomic mass is 10.2. The minimum Gasteiger partial charge on any atom is -0.286 e. The van der Waals surface area contributed by atoms with E-state index in [1.807, 2.05) is 37.3 Å². The summed E-state index contributed by atoms with van der Waals surface area (Å²) in [5.74, 6) is 0.133. The van der Waals surface area contributed by atoms with Crippen LogP contribution in [-0.4, -0.2) is 33.1 Å². The summed E-state index contributed by atoms with van der Waals surface area (Å²) >= 11 is 5.02. The molecule has 96 valence electrons. The van der Waals surface area contributed by atoms with E-state index in [9.17, 15) is 4.79 Å². The molecule has 0 aromatic heterocycles. The van der Waals surface area contributed by atoms with Crippen LogP contribution in [0.15, 0.2) is 35.3 Å². The lowest BCUT2D eigenvalue weighted by Crippen LogP contribution is -2.33. The maximum Gasteiger partial charge on any atom is 0.243 e. The van der Waals surface area contributed by atoms with Gasteiger partial charge in [0.1, 0.15) is 5.25 Å². The molecule has 0 spiro atoms. The Hall–Kier alpha value is -0.810. The number of carbonyl (C=O) groups excluding carboxylic acids is 1. The largest absolute Gasteiger partial charge is 0.286 e. The molecule has 1 aromatic carbocycles. The fourth-order valence-electron chi connectivity index (χ4n) is 1.85. The maximum atomic E-state index is 12.3. The molecule has 1 aliphatic heterocycles. The number of thioether (sulfide) groups is 1. The molecule has 18 heavy (non-hydrogen) atoms. The van der Waals surface area contributed by atoms with Gasteiger partial charge in [0.25, 0.3) is 0 Å². The molecule has 0 N–H and O–H groups in total. The first-order valence-electron chi connectivity index (χ1n) is 5.76. The van der Waals surface area contributed by atoms with Crippen LogP contribution in [0.4, 0.5) is 0 Å². The Morgan fingerprint density at radius 2 is 2.11 bits per heavy atom. The Labute approximate surface area is 120 Å². The molecule has 3 nitrogen and oxygen atoms in total. The van der Waals surface area contributed by atoms with E-state index >= 15 is 0 Å². The number of aliphatic imine (C=N–C) groups is 1. The number of benzene rings is 1. The number of hydrogen-bond donors (Lipinski definition) is 0. The van der Waals surface area contributed by atoms with Crippen LogP contribution in [0.1, 0.15) is 12.5 Å². The number of halogens is 1. The molecule has 5 heteroatoms. The number of amides is 1. The fraction of sp³-hybridized carbons (Fsp3) is 0.385. The van der Waals surface area contributed by atoms with Crippen LogP contribution in [0, 0.1) is 0 Å². The molecule has 0 bridgehead atoms. The first kappa shape index (κ1) is 13.6. The van der Waals surface area contributed by atoms with E-state index in [2.05, 4.69) is 20.9 Å². The van der Waals surface area contributed by atoms with E-state index in [1.165, 1.54) is 11.8 Å². The van der Waals surface area contributed by atoms with Crippen molar-refractivity contribution in [2.75, 3.05) is 7.05 Å². The standard InChI is InChI=1S/C13H15BrN2OS/c1-9(14)11-12(17)16(13(15-2)18-11)8-10-6-4-3-5-7-10/h3-7,9,11H,8H2,1-2H3. The van der Waals surface area contributed by atoms with Crippen molar-refractivity contribution in [3.8, 4) is 0 Å². The highest BCUT2D eigenvalue weighted by Crippen LogP contribution is 2.33. The zero-order valence-corrected chi connectivity index (χ0v) is 12.7. The van der Waals surface area contributed by atoms with Crippen LogP contribution in [0.3, 0.4) is 0 Å². The van der Waals surface area contributed by atoms with Crippen molar-refractivity contribution in [1.82, 2.24) is 4.90 Å².